The van der Waals surface area contributed by atoms with Crippen molar-refractivity contribution in [1.29, 1.82) is 0 Å². The summed E-state index contributed by atoms with van der Waals surface area (Å²) in [6.45, 7) is 0.582. The molecule has 4 heteroatoms. The average Bonchev–Trinajstić information content (AvgIpc) is 2.73. The van der Waals surface area contributed by atoms with Gasteiger partial charge in [0.15, 0.2) is 0 Å². The molecule has 0 aromatic rings. The van der Waals surface area contributed by atoms with Gasteiger partial charge in [-0.1, -0.05) is 25.7 Å². The molecule has 2 atom stereocenters. The van der Waals surface area contributed by atoms with E-state index in [1.54, 1.807) is 0 Å². The van der Waals surface area contributed by atoms with Crippen LogP contribution in [0, 0.1) is 5.92 Å². The van der Waals surface area contributed by atoms with E-state index in [2.05, 4.69) is 5.32 Å². The zero-order valence-electron chi connectivity index (χ0n) is 10.5. The lowest BCUT2D eigenvalue weighted by atomic mass is 9.82. The highest BCUT2D eigenvalue weighted by molar-refractivity contribution is 5.86. The fourth-order valence-corrected chi connectivity index (χ4v) is 3.06. The lowest BCUT2D eigenvalue weighted by Gasteiger charge is -2.32. The predicted molar refractivity (Wildman–Crippen MR) is 66.4 cm³/mol. The number of amides is 1. The Morgan fingerprint density at radius 3 is 2.53 bits per heavy atom. The van der Waals surface area contributed by atoms with Crippen molar-refractivity contribution in [1.82, 2.24) is 5.32 Å². The lowest BCUT2D eigenvalue weighted by molar-refractivity contribution is -0.127. The zero-order chi connectivity index (χ0) is 12.3. The molecular weight excluding hydrogens is 216 g/mol. The normalized spacial score (nSPS) is 32.4. The van der Waals surface area contributed by atoms with E-state index in [1.807, 2.05) is 0 Å². The molecule has 17 heavy (non-hydrogen) atoms. The molecule has 0 aromatic heterocycles. The van der Waals surface area contributed by atoms with Crippen LogP contribution in [0.15, 0.2) is 0 Å². The van der Waals surface area contributed by atoms with Crippen LogP contribution in [-0.4, -0.2) is 29.2 Å². The van der Waals surface area contributed by atoms with Crippen LogP contribution < -0.4 is 11.1 Å². The van der Waals surface area contributed by atoms with Crippen molar-refractivity contribution in [3.63, 3.8) is 0 Å². The van der Waals surface area contributed by atoms with Crippen LogP contribution >= 0.6 is 0 Å². The topological polar surface area (TPSA) is 75.4 Å². The smallest absolute Gasteiger partial charge is 0.240 e. The summed E-state index contributed by atoms with van der Waals surface area (Å²) >= 11 is 0. The van der Waals surface area contributed by atoms with Gasteiger partial charge in [-0.3, -0.25) is 4.79 Å². The molecule has 4 nitrogen and oxygen atoms in total. The third-order valence-electron chi connectivity index (χ3n) is 4.34. The van der Waals surface area contributed by atoms with Gasteiger partial charge >= 0.3 is 0 Å². The first-order chi connectivity index (χ1) is 8.12. The van der Waals surface area contributed by atoms with Gasteiger partial charge in [0.2, 0.25) is 5.91 Å². The van der Waals surface area contributed by atoms with Crippen LogP contribution in [0.1, 0.15) is 51.4 Å². The minimum absolute atomic E-state index is 0.0173. The van der Waals surface area contributed by atoms with Gasteiger partial charge in [-0.05, 0) is 25.7 Å². The molecule has 2 rings (SSSR count). The molecule has 0 heterocycles. The van der Waals surface area contributed by atoms with E-state index in [0.717, 1.165) is 44.9 Å². The molecule has 0 spiro atoms. The van der Waals surface area contributed by atoms with Gasteiger partial charge in [0.25, 0.3) is 0 Å². The number of carbonyl (C=O) groups is 1. The molecule has 0 aliphatic heterocycles. The Morgan fingerprint density at radius 2 is 1.94 bits per heavy atom. The molecule has 98 valence electrons. The number of aliphatic hydroxyl groups excluding tert-OH is 1. The van der Waals surface area contributed by atoms with Crippen LogP contribution in [0.2, 0.25) is 0 Å². The molecule has 1 amide bonds. The maximum Gasteiger partial charge on any atom is 0.240 e. The fraction of sp³-hybridized carbons (Fsp3) is 0.923. The highest BCUT2D eigenvalue weighted by Crippen LogP contribution is 2.27. The summed E-state index contributed by atoms with van der Waals surface area (Å²) in [6.07, 6.45) is 7.59. The summed E-state index contributed by atoms with van der Waals surface area (Å²) in [7, 11) is 0. The van der Waals surface area contributed by atoms with E-state index in [4.69, 9.17) is 5.73 Å². The van der Waals surface area contributed by atoms with Crippen molar-refractivity contribution in [3.05, 3.63) is 0 Å². The van der Waals surface area contributed by atoms with Gasteiger partial charge < -0.3 is 16.2 Å². The summed E-state index contributed by atoms with van der Waals surface area (Å²) < 4.78 is 0. The molecule has 2 saturated carbocycles. The van der Waals surface area contributed by atoms with Crippen LogP contribution in [0.3, 0.4) is 0 Å². The summed E-state index contributed by atoms with van der Waals surface area (Å²) in [6, 6.07) is 0. The van der Waals surface area contributed by atoms with Gasteiger partial charge in [0, 0.05) is 12.5 Å². The van der Waals surface area contributed by atoms with Gasteiger partial charge in [0.05, 0.1) is 11.6 Å². The van der Waals surface area contributed by atoms with Crippen molar-refractivity contribution < 1.29 is 9.90 Å². The van der Waals surface area contributed by atoms with Gasteiger partial charge in [-0.15, -0.1) is 0 Å². The second-order valence-corrected chi connectivity index (χ2v) is 5.69. The Hall–Kier alpha value is -0.610. The van der Waals surface area contributed by atoms with Crippen LogP contribution in [0.4, 0.5) is 0 Å². The fourth-order valence-electron chi connectivity index (χ4n) is 3.06. The molecule has 0 aromatic carbocycles. The molecule has 0 radical (unpaired) electrons. The van der Waals surface area contributed by atoms with E-state index >= 15 is 0 Å². The van der Waals surface area contributed by atoms with Gasteiger partial charge in [-0.2, -0.15) is 0 Å². The maximum absolute atomic E-state index is 12.1. The predicted octanol–water partition coefficient (Wildman–Crippen LogP) is 0.925. The Morgan fingerprint density at radius 1 is 1.24 bits per heavy atom. The van der Waals surface area contributed by atoms with Crippen molar-refractivity contribution in [2.75, 3.05) is 6.54 Å². The highest BCUT2D eigenvalue weighted by Gasteiger charge is 2.36. The number of nitrogens with two attached hydrogens (primary N) is 1. The molecule has 2 aliphatic carbocycles. The van der Waals surface area contributed by atoms with Gasteiger partial charge in [0.1, 0.15) is 0 Å². The quantitative estimate of drug-likeness (QED) is 0.687. The standard InChI is InChI=1S/C13H24N2O2/c14-13(7-2-1-3-8-13)12(17)15-9-10-5-4-6-11(10)16/h10-11,16H,1-9,14H2,(H,15,17). The van der Waals surface area contributed by atoms with E-state index in [9.17, 15) is 9.90 Å². The van der Waals surface area contributed by atoms with Crippen molar-refractivity contribution >= 4 is 5.91 Å². The van der Waals surface area contributed by atoms with E-state index < -0.39 is 5.54 Å². The monoisotopic (exact) mass is 240 g/mol. The number of carbonyl (C=O) groups excluding carboxylic acids is 1. The largest absolute Gasteiger partial charge is 0.393 e. The van der Waals surface area contributed by atoms with Gasteiger partial charge in [-0.25, -0.2) is 0 Å². The Kier molecular flexibility index (Phi) is 4.05. The summed E-state index contributed by atoms with van der Waals surface area (Å²) in [4.78, 5) is 12.1. The van der Waals surface area contributed by atoms with E-state index in [1.165, 1.54) is 6.42 Å². The molecular formula is C13H24N2O2. The zero-order valence-corrected chi connectivity index (χ0v) is 10.5. The molecule has 2 fully saturated rings. The highest BCUT2D eigenvalue weighted by atomic mass is 16.3. The first kappa shape index (κ1) is 12.8. The number of hydrogen-bond donors (Lipinski definition) is 3. The average molecular weight is 240 g/mol. The Labute approximate surface area is 103 Å². The molecule has 4 N–H and O–H groups in total. The second-order valence-electron chi connectivity index (χ2n) is 5.69. The van der Waals surface area contributed by atoms with Crippen molar-refractivity contribution in [3.8, 4) is 0 Å². The molecule has 2 aliphatic rings. The van der Waals surface area contributed by atoms with Crippen LogP contribution in [0.25, 0.3) is 0 Å². The van der Waals surface area contributed by atoms with Crippen molar-refractivity contribution in [2.24, 2.45) is 11.7 Å². The number of rotatable bonds is 3. The third-order valence-corrected chi connectivity index (χ3v) is 4.34. The SMILES string of the molecule is NC1(C(=O)NCC2CCCC2O)CCCCC1. The number of aliphatic hydroxyl groups is 1. The van der Waals surface area contributed by atoms with Crippen LogP contribution in [0.5, 0.6) is 0 Å². The first-order valence-corrected chi connectivity index (χ1v) is 6.87. The Balaban J connectivity index is 1.80. The minimum atomic E-state index is -0.651. The molecule has 2 unspecified atom stereocenters. The minimum Gasteiger partial charge on any atom is -0.393 e. The lowest BCUT2D eigenvalue weighted by Crippen LogP contribution is -2.55. The number of hydrogen-bond acceptors (Lipinski definition) is 3. The number of nitrogens with one attached hydrogen (secondary N) is 1. The summed E-state index contributed by atoms with van der Waals surface area (Å²) in [5.74, 6) is 0.211. The van der Waals surface area contributed by atoms with Crippen molar-refractivity contribution in [2.45, 2.75) is 63.0 Å². The van der Waals surface area contributed by atoms with E-state index in [-0.39, 0.29) is 17.9 Å². The summed E-state index contributed by atoms with van der Waals surface area (Å²) in [5, 5.41) is 12.6. The summed E-state index contributed by atoms with van der Waals surface area (Å²) in [5.41, 5.74) is 5.50. The molecule has 0 saturated heterocycles. The first-order valence-electron chi connectivity index (χ1n) is 6.87. The third kappa shape index (κ3) is 2.99. The van der Waals surface area contributed by atoms with Crippen LogP contribution in [-0.2, 0) is 4.79 Å². The Bertz CT molecular complexity index is 275. The second kappa shape index (κ2) is 5.36. The molecule has 0 bridgehead atoms. The van der Waals surface area contributed by atoms with E-state index in [0.29, 0.717) is 6.54 Å². The maximum atomic E-state index is 12.1.